The van der Waals surface area contributed by atoms with Crippen molar-refractivity contribution in [1.29, 1.82) is 0 Å². The second-order valence-electron chi connectivity index (χ2n) is 4.80. The van der Waals surface area contributed by atoms with Gasteiger partial charge in [0.2, 0.25) is 0 Å². The van der Waals surface area contributed by atoms with Gasteiger partial charge in [-0.25, -0.2) is 9.59 Å². The predicted octanol–water partition coefficient (Wildman–Crippen LogP) is -0.0992. The monoisotopic (exact) mass is 241 g/mol. The van der Waals surface area contributed by atoms with Gasteiger partial charge in [0.25, 0.3) is 0 Å². The van der Waals surface area contributed by atoms with Gasteiger partial charge in [-0.05, 0) is 44.7 Å². The third kappa shape index (κ3) is 3.59. The van der Waals surface area contributed by atoms with Crippen molar-refractivity contribution in [3.63, 3.8) is 0 Å². The first-order chi connectivity index (χ1) is 8.16. The number of aliphatic carboxylic acids is 1. The average Bonchev–Trinajstić information content (AvgIpc) is 3.11. The summed E-state index contributed by atoms with van der Waals surface area (Å²) in [5.74, 6) is -0.820. The van der Waals surface area contributed by atoms with Crippen LogP contribution in [0.4, 0.5) is 4.79 Å². The summed E-state index contributed by atoms with van der Waals surface area (Å²) in [7, 11) is 0. The van der Waals surface area contributed by atoms with Crippen LogP contribution in [0.2, 0.25) is 0 Å². The lowest BCUT2D eigenvalue weighted by Gasteiger charge is -2.24. The lowest BCUT2D eigenvalue weighted by Crippen LogP contribution is -2.51. The molecule has 6 heteroatoms. The van der Waals surface area contributed by atoms with Gasteiger partial charge in [-0.15, -0.1) is 0 Å². The van der Waals surface area contributed by atoms with E-state index in [1.165, 1.54) is 0 Å². The maximum absolute atomic E-state index is 11.7. The van der Waals surface area contributed by atoms with E-state index in [-0.39, 0.29) is 18.0 Å². The normalized spacial score (nSPS) is 22.8. The average molecular weight is 241 g/mol. The standard InChI is InChI=1S/C11H19N3O3/c15-10(16)9(7-1-2-7)14-11(17)13-8-3-5-12-6-4-8/h7-9,12H,1-6H2,(H,15,16)(H2,13,14,17). The number of amides is 2. The molecule has 2 aliphatic rings. The van der Waals surface area contributed by atoms with Crippen molar-refractivity contribution < 1.29 is 14.7 Å². The van der Waals surface area contributed by atoms with Crippen molar-refractivity contribution in [3.8, 4) is 0 Å². The summed E-state index contributed by atoms with van der Waals surface area (Å²) in [6.07, 6.45) is 3.58. The highest BCUT2D eigenvalue weighted by Gasteiger charge is 2.37. The van der Waals surface area contributed by atoms with Crippen LogP contribution in [-0.2, 0) is 4.79 Å². The van der Waals surface area contributed by atoms with Crippen LogP contribution in [-0.4, -0.2) is 42.3 Å². The number of hydrogen-bond acceptors (Lipinski definition) is 3. The summed E-state index contributed by atoms with van der Waals surface area (Å²) in [5, 5.41) is 17.6. The molecule has 2 rings (SSSR count). The van der Waals surface area contributed by atoms with Crippen molar-refractivity contribution in [2.45, 2.75) is 37.8 Å². The van der Waals surface area contributed by atoms with E-state index in [0.717, 1.165) is 38.8 Å². The molecular formula is C11H19N3O3. The Morgan fingerprint density at radius 1 is 1.18 bits per heavy atom. The third-order valence-corrected chi connectivity index (χ3v) is 3.32. The molecule has 0 aromatic carbocycles. The second-order valence-corrected chi connectivity index (χ2v) is 4.80. The molecule has 1 saturated heterocycles. The van der Waals surface area contributed by atoms with E-state index < -0.39 is 12.0 Å². The molecule has 1 aliphatic heterocycles. The summed E-state index contributed by atoms with van der Waals surface area (Å²) >= 11 is 0. The zero-order chi connectivity index (χ0) is 12.3. The molecule has 0 aromatic rings. The Balaban J connectivity index is 1.76. The fraction of sp³-hybridized carbons (Fsp3) is 0.818. The molecule has 6 nitrogen and oxygen atoms in total. The molecule has 4 N–H and O–H groups in total. The van der Waals surface area contributed by atoms with Gasteiger partial charge < -0.3 is 21.1 Å². The first-order valence-electron chi connectivity index (χ1n) is 6.17. The molecule has 96 valence electrons. The van der Waals surface area contributed by atoms with E-state index in [4.69, 9.17) is 5.11 Å². The van der Waals surface area contributed by atoms with Crippen molar-refractivity contribution in [2.24, 2.45) is 5.92 Å². The van der Waals surface area contributed by atoms with Crippen molar-refractivity contribution in [1.82, 2.24) is 16.0 Å². The molecule has 2 amide bonds. The second kappa shape index (κ2) is 5.35. The minimum absolute atomic E-state index is 0.117. The van der Waals surface area contributed by atoms with E-state index in [1.807, 2.05) is 0 Å². The lowest BCUT2D eigenvalue weighted by molar-refractivity contribution is -0.139. The Bertz CT molecular complexity index is 298. The Kier molecular flexibility index (Phi) is 3.83. The van der Waals surface area contributed by atoms with Gasteiger partial charge in [0, 0.05) is 6.04 Å². The number of hydrogen-bond donors (Lipinski definition) is 4. The summed E-state index contributed by atoms with van der Waals surface area (Å²) in [4.78, 5) is 22.6. The van der Waals surface area contributed by atoms with Gasteiger partial charge in [0.05, 0.1) is 0 Å². The van der Waals surface area contributed by atoms with Crippen molar-refractivity contribution in [2.75, 3.05) is 13.1 Å². The van der Waals surface area contributed by atoms with Crippen molar-refractivity contribution >= 4 is 12.0 Å². The van der Waals surface area contributed by atoms with E-state index in [9.17, 15) is 9.59 Å². The topological polar surface area (TPSA) is 90.5 Å². The molecule has 1 heterocycles. The van der Waals surface area contributed by atoms with Crippen LogP contribution in [0.25, 0.3) is 0 Å². The molecule has 0 aromatic heterocycles. The zero-order valence-electron chi connectivity index (χ0n) is 9.74. The molecule has 0 radical (unpaired) electrons. The van der Waals surface area contributed by atoms with Gasteiger partial charge >= 0.3 is 12.0 Å². The summed E-state index contributed by atoms with van der Waals surface area (Å²) < 4.78 is 0. The quantitative estimate of drug-likeness (QED) is 0.553. The zero-order valence-corrected chi connectivity index (χ0v) is 9.74. The number of rotatable bonds is 4. The Morgan fingerprint density at radius 3 is 2.35 bits per heavy atom. The predicted molar refractivity (Wildman–Crippen MR) is 61.7 cm³/mol. The number of nitrogens with one attached hydrogen (secondary N) is 3. The van der Waals surface area contributed by atoms with E-state index in [2.05, 4.69) is 16.0 Å². The molecule has 1 saturated carbocycles. The van der Waals surface area contributed by atoms with Gasteiger partial charge in [0.1, 0.15) is 6.04 Å². The smallest absolute Gasteiger partial charge is 0.326 e. The fourth-order valence-electron chi connectivity index (χ4n) is 2.15. The number of piperidine rings is 1. The van der Waals surface area contributed by atoms with E-state index in [0.29, 0.717) is 0 Å². The number of carbonyl (C=O) groups is 2. The van der Waals surface area contributed by atoms with Crippen LogP contribution < -0.4 is 16.0 Å². The SMILES string of the molecule is O=C(NC1CCNCC1)NC(C(=O)O)C1CC1. The maximum atomic E-state index is 11.7. The van der Waals surface area contributed by atoms with Gasteiger partial charge in [-0.3, -0.25) is 0 Å². The first-order valence-corrected chi connectivity index (χ1v) is 6.17. The number of carbonyl (C=O) groups excluding carboxylic acids is 1. The fourth-order valence-corrected chi connectivity index (χ4v) is 2.15. The van der Waals surface area contributed by atoms with Crippen molar-refractivity contribution in [3.05, 3.63) is 0 Å². The highest BCUT2D eigenvalue weighted by atomic mass is 16.4. The maximum Gasteiger partial charge on any atom is 0.326 e. The van der Waals surface area contributed by atoms with Crippen LogP contribution in [0.3, 0.4) is 0 Å². The number of carboxylic acids is 1. The highest BCUT2D eigenvalue weighted by molar-refractivity contribution is 5.83. The first kappa shape index (κ1) is 12.2. The van der Waals surface area contributed by atoms with E-state index >= 15 is 0 Å². The largest absolute Gasteiger partial charge is 0.480 e. The molecule has 0 spiro atoms. The number of urea groups is 1. The third-order valence-electron chi connectivity index (χ3n) is 3.32. The molecule has 0 bridgehead atoms. The lowest BCUT2D eigenvalue weighted by atomic mass is 10.1. The molecule has 2 fully saturated rings. The minimum Gasteiger partial charge on any atom is -0.480 e. The van der Waals surface area contributed by atoms with Crippen LogP contribution in [0.15, 0.2) is 0 Å². The summed E-state index contributed by atoms with van der Waals surface area (Å²) in [6.45, 7) is 1.80. The van der Waals surface area contributed by atoms with Gasteiger partial charge in [0.15, 0.2) is 0 Å². The molecule has 1 aliphatic carbocycles. The van der Waals surface area contributed by atoms with Crippen LogP contribution >= 0.6 is 0 Å². The van der Waals surface area contributed by atoms with Crippen LogP contribution in [0.5, 0.6) is 0 Å². The van der Waals surface area contributed by atoms with Crippen LogP contribution in [0.1, 0.15) is 25.7 Å². The summed E-state index contributed by atoms with van der Waals surface area (Å²) in [5.41, 5.74) is 0. The van der Waals surface area contributed by atoms with Gasteiger partial charge in [-0.2, -0.15) is 0 Å². The van der Waals surface area contributed by atoms with E-state index in [1.54, 1.807) is 0 Å². The highest BCUT2D eigenvalue weighted by Crippen LogP contribution is 2.32. The Labute approximate surface area is 100 Å². The van der Waals surface area contributed by atoms with Crippen LogP contribution in [0, 0.1) is 5.92 Å². The van der Waals surface area contributed by atoms with Gasteiger partial charge in [-0.1, -0.05) is 0 Å². The summed E-state index contributed by atoms with van der Waals surface area (Å²) in [6, 6.07) is -0.919. The number of carboxylic acid groups (broad SMARTS) is 1. The molecule has 17 heavy (non-hydrogen) atoms. The molecule has 1 atom stereocenters. The molecular weight excluding hydrogens is 222 g/mol. The molecule has 1 unspecified atom stereocenters. The Morgan fingerprint density at radius 2 is 1.82 bits per heavy atom. The minimum atomic E-state index is -0.937. The Hall–Kier alpha value is -1.30.